The number of nitrogens with two attached hydrogens (primary N) is 1. The maximum Gasteiger partial charge on any atom is 0.259 e. The minimum absolute atomic E-state index is 0.0474. The molecule has 0 fully saturated rings. The lowest BCUT2D eigenvalue weighted by Gasteiger charge is -2.07. The highest BCUT2D eigenvalue weighted by molar-refractivity contribution is 6.31. The molecule has 2 aromatic heterocycles. The highest BCUT2D eigenvalue weighted by Crippen LogP contribution is 2.30. The number of nitrogens with one attached hydrogen (secondary N) is 1. The molecule has 150 valence electrons. The lowest BCUT2D eigenvalue weighted by atomic mass is 10.1. The van der Waals surface area contributed by atoms with E-state index in [0.717, 1.165) is 5.56 Å². The molecule has 0 aliphatic carbocycles. The summed E-state index contributed by atoms with van der Waals surface area (Å²) in [5, 5.41) is 3.30. The zero-order valence-electron chi connectivity index (χ0n) is 15.9. The van der Waals surface area contributed by atoms with E-state index in [1.807, 2.05) is 6.92 Å². The van der Waals surface area contributed by atoms with Crippen molar-refractivity contribution in [2.45, 2.75) is 6.92 Å². The van der Waals surface area contributed by atoms with Gasteiger partial charge in [0.25, 0.3) is 5.91 Å². The zero-order valence-corrected chi connectivity index (χ0v) is 16.7. The minimum atomic E-state index is -0.464. The third kappa shape index (κ3) is 3.42. The van der Waals surface area contributed by atoms with Crippen molar-refractivity contribution in [3.8, 4) is 0 Å². The molecule has 5 nitrogen and oxygen atoms in total. The summed E-state index contributed by atoms with van der Waals surface area (Å²) in [5.41, 5.74) is 8.80. The second-order valence-electron chi connectivity index (χ2n) is 6.85. The highest BCUT2D eigenvalue weighted by atomic mass is 35.5. The van der Waals surface area contributed by atoms with Gasteiger partial charge in [0.1, 0.15) is 11.5 Å². The standard InChI is InChI=1S/C23H17ClFN3O2/c1-13-5-10-16(12-17(13)24)27-23(30)19-18-4-2-3-11-28(18)21(20(19)26)22(29)14-6-8-15(25)9-7-14/h2-12H,26H2,1H3,(H,27,30). The van der Waals surface area contributed by atoms with Crippen LogP contribution >= 0.6 is 11.6 Å². The number of hydrogen-bond donors (Lipinski definition) is 2. The number of pyridine rings is 1. The molecule has 2 aromatic carbocycles. The van der Waals surface area contributed by atoms with Crippen LogP contribution < -0.4 is 11.1 Å². The summed E-state index contributed by atoms with van der Waals surface area (Å²) in [6, 6.07) is 15.5. The van der Waals surface area contributed by atoms with Crippen molar-refractivity contribution >= 4 is 40.2 Å². The molecular weight excluding hydrogens is 405 g/mol. The molecule has 0 saturated heterocycles. The average molecular weight is 422 g/mol. The number of amides is 1. The molecule has 0 bridgehead atoms. The SMILES string of the molecule is Cc1ccc(NC(=O)c2c(N)c(C(=O)c3ccc(F)cc3)n3ccccc23)cc1Cl. The Labute approximate surface area is 176 Å². The van der Waals surface area contributed by atoms with Gasteiger partial charge in [-0.25, -0.2) is 4.39 Å². The molecule has 2 heterocycles. The number of carbonyl (C=O) groups excluding carboxylic acids is 2. The third-order valence-electron chi connectivity index (χ3n) is 4.86. The predicted molar refractivity (Wildman–Crippen MR) is 116 cm³/mol. The molecular formula is C23H17ClFN3O2. The number of benzene rings is 2. The van der Waals surface area contributed by atoms with Crippen LogP contribution in [0.5, 0.6) is 0 Å². The quantitative estimate of drug-likeness (QED) is 0.450. The van der Waals surface area contributed by atoms with Gasteiger partial charge in [-0.3, -0.25) is 9.59 Å². The van der Waals surface area contributed by atoms with Crippen LogP contribution in [0.15, 0.2) is 66.9 Å². The molecule has 0 aliphatic rings. The molecule has 30 heavy (non-hydrogen) atoms. The van der Waals surface area contributed by atoms with Gasteiger partial charge in [-0.1, -0.05) is 23.7 Å². The van der Waals surface area contributed by atoms with E-state index >= 15 is 0 Å². The molecule has 1 amide bonds. The van der Waals surface area contributed by atoms with Gasteiger partial charge in [0.05, 0.1) is 16.8 Å². The Kier molecular flexibility index (Phi) is 5.01. The molecule has 0 radical (unpaired) electrons. The Morgan fingerprint density at radius 3 is 2.50 bits per heavy atom. The van der Waals surface area contributed by atoms with Crippen molar-refractivity contribution in [1.29, 1.82) is 0 Å². The van der Waals surface area contributed by atoms with Gasteiger partial charge < -0.3 is 15.5 Å². The van der Waals surface area contributed by atoms with E-state index in [0.29, 0.717) is 16.2 Å². The van der Waals surface area contributed by atoms with E-state index in [-0.39, 0.29) is 22.5 Å². The molecule has 0 atom stereocenters. The Balaban J connectivity index is 1.80. The summed E-state index contributed by atoms with van der Waals surface area (Å²) in [4.78, 5) is 26.2. The number of hydrogen-bond acceptors (Lipinski definition) is 3. The number of rotatable bonds is 4. The van der Waals surface area contributed by atoms with Crippen LogP contribution in [0, 0.1) is 12.7 Å². The largest absolute Gasteiger partial charge is 0.396 e. The maximum absolute atomic E-state index is 13.3. The van der Waals surface area contributed by atoms with E-state index in [2.05, 4.69) is 5.32 Å². The highest BCUT2D eigenvalue weighted by Gasteiger charge is 2.26. The van der Waals surface area contributed by atoms with Crippen molar-refractivity contribution in [2.24, 2.45) is 0 Å². The number of aryl methyl sites for hydroxylation is 1. The van der Waals surface area contributed by atoms with Gasteiger partial charge in [0.2, 0.25) is 5.78 Å². The van der Waals surface area contributed by atoms with Gasteiger partial charge >= 0.3 is 0 Å². The fourth-order valence-corrected chi connectivity index (χ4v) is 3.48. The number of nitrogens with zero attached hydrogens (tertiary/aromatic N) is 1. The van der Waals surface area contributed by atoms with Gasteiger partial charge in [0, 0.05) is 22.5 Å². The van der Waals surface area contributed by atoms with Gasteiger partial charge in [-0.2, -0.15) is 0 Å². The second kappa shape index (κ2) is 7.65. The fourth-order valence-electron chi connectivity index (χ4n) is 3.30. The van der Waals surface area contributed by atoms with Crippen LogP contribution in [0.2, 0.25) is 5.02 Å². The Hall–Kier alpha value is -3.64. The topological polar surface area (TPSA) is 76.6 Å². The molecule has 3 N–H and O–H groups in total. The summed E-state index contributed by atoms with van der Waals surface area (Å²) in [5.74, 6) is -1.32. The Morgan fingerprint density at radius 1 is 1.07 bits per heavy atom. The maximum atomic E-state index is 13.3. The van der Waals surface area contributed by atoms with Crippen LogP contribution in [0.25, 0.3) is 5.52 Å². The number of nitrogen functional groups attached to an aromatic ring is 1. The van der Waals surface area contributed by atoms with Gasteiger partial charge in [0.15, 0.2) is 0 Å². The van der Waals surface area contributed by atoms with Crippen molar-refractivity contribution in [1.82, 2.24) is 4.40 Å². The number of halogens is 2. The van der Waals surface area contributed by atoms with Crippen LogP contribution in [0.3, 0.4) is 0 Å². The van der Waals surface area contributed by atoms with Crippen LogP contribution in [0.4, 0.5) is 15.8 Å². The Morgan fingerprint density at radius 2 is 1.80 bits per heavy atom. The molecule has 0 saturated carbocycles. The second-order valence-corrected chi connectivity index (χ2v) is 7.25. The first-order valence-corrected chi connectivity index (χ1v) is 9.51. The first-order chi connectivity index (χ1) is 14.4. The minimum Gasteiger partial charge on any atom is -0.396 e. The molecule has 0 spiro atoms. The molecule has 0 aliphatic heterocycles. The molecule has 7 heteroatoms. The van der Waals surface area contributed by atoms with Crippen molar-refractivity contribution < 1.29 is 14.0 Å². The van der Waals surface area contributed by atoms with E-state index < -0.39 is 17.5 Å². The summed E-state index contributed by atoms with van der Waals surface area (Å²) in [7, 11) is 0. The summed E-state index contributed by atoms with van der Waals surface area (Å²) in [6.45, 7) is 1.86. The van der Waals surface area contributed by atoms with E-state index in [1.54, 1.807) is 47.0 Å². The average Bonchev–Trinajstić information content (AvgIpc) is 3.02. The van der Waals surface area contributed by atoms with Gasteiger partial charge in [-0.05, 0) is 61.0 Å². The van der Waals surface area contributed by atoms with E-state index in [1.165, 1.54) is 24.3 Å². The van der Waals surface area contributed by atoms with Crippen molar-refractivity contribution in [3.63, 3.8) is 0 Å². The van der Waals surface area contributed by atoms with Crippen molar-refractivity contribution in [3.05, 3.63) is 100 Å². The molecule has 4 aromatic rings. The fraction of sp³-hybridized carbons (Fsp3) is 0.0435. The van der Waals surface area contributed by atoms with Crippen molar-refractivity contribution in [2.75, 3.05) is 11.1 Å². The van der Waals surface area contributed by atoms with E-state index in [4.69, 9.17) is 17.3 Å². The predicted octanol–water partition coefficient (Wildman–Crippen LogP) is 5.11. The molecule has 0 unspecified atom stereocenters. The lowest BCUT2D eigenvalue weighted by molar-refractivity contribution is 0.102. The Bertz CT molecular complexity index is 1300. The van der Waals surface area contributed by atoms with Crippen LogP contribution in [-0.2, 0) is 0 Å². The summed E-state index contributed by atoms with van der Waals surface area (Å²) < 4.78 is 14.8. The van der Waals surface area contributed by atoms with Crippen LogP contribution in [-0.4, -0.2) is 16.1 Å². The zero-order chi connectivity index (χ0) is 21.4. The number of carbonyl (C=O) groups is 2. The molecule has 4 rings (SSSR count). The monoisotopic (exact) mass is 421 g/mol. The lowest BCUT2D eigenvalue weighted by Crippen LogP contribution is -2.14. The number of aromatic nitrogens is 1. The summed E-state index contributed by atoms with van der Waals surface area (Å²) >= 11 is 6.14. The smallest absolute Gasteiger partial charge is 0.259 e. The number of ketones is 1. The third-order valence-corrected chi connectivity index (χ3v) is 5.27. The van der Waals surface area contributed by atoms with E-state index in [9.17, 15) is 14.0 Å². The summed E-state index contributed by atoms with van der Waals surface area (Å²) in [6.07, 6.45) is 1.65. The first kappa shape index (κ1) is 19.7. The van der Waals surface area contributed by atoms with Crippen LogP contribution in [0.1, 0.15) is 32.0 Å². The number of fused-ring (bicyclic) bond motifs is 1. The normalized spacial score (nSPS) is 10.9. The van der Waals surface area contributed by atoms with Gasteiger partial charge in [-0.15, -0.1) is 0 Å². The number of anilines is 2. The first-order valence-electron chi connectivity index (χ1n) is 9.13.